The summed E-state index contributed by atoms with van der Waals surface area (Å²) < 4.78 is 51.8. The van der Waals surface area contributed by atoms with Crippen LogP contribution in [0.25, 0.3) is 11.1 Å². The van der Waals surface area contributed by atoms with E-state index in [1.807, 2.05) is 36.4 Å². The third kappa shape index (κ3) is 10.9. The molecule has 2 saturated heterocycles. The fourth-order valence-electron chi connectivity index (χ4n) is 6.49. The lowest BCUT2D eigenvalue weighted by Gasteiger charge is -2.33. The number of esters is 1. The highest BCUT2D eigenvalue weighted by molar-refractivity contribution is 5.98. The number of fused-ring (bicyclic) bond motifs is 1. The Hall–Kier alpha value is -4.70. The molecule has 3 aromatic rings. The van der Waals surface area contributed by atoms with Crippen LogP contribution in [-0.4, -0.2) is 91.1 Å². The van der Waals surface area contributed by atoms with Gasteiger partial charge in [0.1, 0.15) is 17.8 Å². The number of carbonyl (C=O) groups excluding carboxylic acids is 3. The molecule has 3 N–H and O–H groups in total. The number of hydrogen-bond donors (Lipinski definition) is 3. The Morgan fingerprint density at radius 3 is 2.28 bits per heavy atom. The summed E-state index contributed by atoms with van der Waals surface area (Å²) in [5.41, 5.74) is 5.14. The molecule has 0 saturated carbocycles. The zero-order chi connectivity index (χ0) is 38.1. The first-order valence-corrected chi connectivity index (χ1v) is 17.4. The predicted octanol–water partition coefficient (Wildman–Crippen LogP) is 4.48. The molecule has 53 heavy (non-hydrogen) atoms. The number of amides is 2. The number of alkyl halides is 2. The van der Waals surface area contributed by atoms with Crippen LogP contribution in [0.3, 0.4) is 0 Å². The maximum atomic E-state index is 13.8. The van der Waals surface area contributed by atoms with Gasteiger partial charge in [0.2, 0.25) is 5.91 Å². The minimum atomic E-state index is -3.00. The second-order valence-corrected chi connectivity index (χ2v) is 14.1. The quantitative estimate of drug-likeness (QED) is 0.115. The molecule has 0 radical (unpaired) electrons. The molecular weight excluding hydrogens is 694 g/mol. The number of pyridine rings is 1. The SMILES string of the molecule is COC(=O)C(C(=O)NC(Cc1ccc(-c2ccncc2)cc1)C(O)CN(Cc1ccc(OC(F)F)cc1)NC(=O)OC1COC2OCCC12)C(C)(C)C. The van der Waals surface area contributed by atoms with Gasteiger partial charge in [0, 0.05) is 25.5 Å². The number of methoxy groups -OCH3 is 1. The van der Waals surface area contributed by atoms with Gasteiger partial charge in [0.05, 0.1) is 38.4 Å². The van der Waals surface area contributed by atoms with Crippen molar-refractivity contribution < 1.29 is 52.0 Å². The predicted molar refractivity (Wildman–Crippen MR) is 187 cm³/mol. The number of nitrogens with one attached hydrogen (secondary N) is 2. The summed E-state index contributed by atoms with van der Waals surface area (Å²) in [6, 6.07) is 16.2. The molecule has 0 bridgehead atoms. The summed E-state index contributed by atoms with van der Waals surface area (Å²) in [4.78, 5) is 43.9. The number of aliphatic hydroxyl groups excluding tert-OH is 1. The standard InChI is InChI=1S/C38H46F2N4O9/c1-38(2,3)32(34(47)49-4)33(46)42-29(19-23-5-9-25(10-6-23)26-13-16-41-17-14-26)30(45)21-44(20-24-7-11-27(12-8-24)52-36(39)40)43-37(48)53-31-22-51-35-28(31)15-18-50-35/h5-14,16-17,28-32,35-36,45H,15,18-22H2,1-4H3,(H,42,46)(H,43,48). The van der Waals surface area contributed by atoms with Gasteiger partial charge in [-0.2, -0.15) is 8.78 Å². The van der Waals surface area contributed by atoms with Crippen molar-refractivity contribution in [2.24, 2.45) is 17.3 Å². The summed E-state index contributed by atoms with van der Waals surface area (Å²) in [5.74, 6) is -2.70. The molecule has 3 heterocycles. The van der Waals surface area contributed by atoms with Crippen LogP contribution in [0, 0.1) is 17.3 Å². The van der Waals surface area contributed by atoms with Crippen molar-refractivity contribution in [2.75, 3.05) is 26.9 Å². The normalized spacial score (nSPS) is 20.0. The number of aliphatic hydroxyl groups is 1. The molecule has 2 amide bonds. The van der Waals surface area contributed by atoms with E-state index in [1.165, 1.54) is 24.3 Å². The number of halogens is 2. The first-order chi connectivity index (χ1) is 25.3. The van der Waals surface area contributed by atoms with Crippen LogP contribution >= 0.6 is 0 Å². The van der Waals surface area contributed by atoms with E-state index in [-0.39, 0.29) is 37.8 Å². The Balaban J connectivity index is 1.38. The van der Waals surface area contributed by atoms with Crippen molar-refractivity contribution in [3.05, 3.63) is 84.2 Å². The molecule has 2 fully saturated rings. The monoisotopic (exact) mass is 740 g/mol. The number of aromatic nitrogens is 1. The number of nitrogens with zero attached hydrogens (tertiary/aromatic N) is 2. The molecule has 2 aliphatic heterocycles. The smallest absolute Gasteiger partial charge is 0.422 e. The van der Waals surface area contributed by atoms with Gasteiger partial charge in [-0.3, -0.25) is 20.0 Å². The van der Waals surface area contributed by atoms with E-state index in [1.54, 1.807) is 45.3 Å². The van der Waals surface area contributed by atoms with Crippen molar-refractivity contribution in [3.63, 3.8) is 0 Å². The van der Waals surface area contributed by atoms with Crippen molar-refractivity contribution in [2.45, 2.75) is 71.3 Å². The second-order valence-electron chi connectivity index (χ2n) is 14.1. The summed E-state index contributed by atoms with van der Waals surface area (Å²) in [5, 5.41) is 16.1. The van der Waals surface area contributed by atoms with Crippen LogP contribution in [0.1, 0.15) is 38.3 Å². The van der Waals surface area contributed by atoms with Gasteiger partial charge in [-0.25, -0.2) is 9.80 Å². The molecule has 2 aliphatic rings. The fourth-order valence-corrected chi connectivity index (χ4v) is 6.49. The average molecular weight is 741 g/mol. The number of benzene rings is 2. The van der Waals surface area contributed by atoms with E-state index in [2.05, 4.69) is 20.5 Å². The van der Waals surface area contributed by atoms with Crippen molar-refractivity contribution in [3.8, 4) is 16.9 Å². The summed E-state index contributed by atoms with van der Waals surface area (Å²) >= 11 is 0. The zero-order valence-corrected chi connectivity index (χ0v) is 30.1. The summed E-state index contributed by atoms with van der Waals surface area (Å²) in [6.07, 6.45) is 1.11. The van der Waals surface area contributed by atoms with Gasteiger partial charge in [-0.1, -0.05) is 57.2 Å². The Bertz CT molecular complexity index is 1660. The highest BCUT2D eigenvalue weighted by Crippen LogP contribution is 2.33. The second kappa shape index (κ2) is 17.9. The molecule has 0 aliphatic carbocycles. The van der Waals surface area contributed by atoms with Gasteiger partial charge in [0.25, 0.3) is 0 Å². The maximum Gasteiger partial charge on any atom is 0.422 e. The highest BCUT2D eigenvalue weighted by atomic mass is 19.3. The van der Waals surface area contributed by atoms with E-state index in [9.17, 15) is 28.3 Å². The van der Waals surface area contributed by atoms with E-state index < -0.39 is 60.5 Å². The van der Waals surface area contributed by atoms with E-state index in [0.717, 1.165) is 16.7 Å². The van der Waals surface area contributed by atoms with Crippen LogP contribution in [0.2, 0.25) is 0 Å². The Kier molecular flexibility index (Phi) is 13.3. The lowest BCUT2D eigenvalue weighted by atomic mass is 9.80. The van der Waals surface area contributed by atoms with E-state index >= 15 is 0 Å². The van der Waals surface area contributed by atoms with Gasteiger partial charge in [-0.05, 0) is 64.8 Å². The number of hydrogen-bond acceptors (Lipinski definition) is 11. The number of ether oxygens (including phenoxy) is 5. The van der Waals surface area contributed by atoms with Gasteiger partial charge >= 0.3 is 18.7 Å². The van der Waals surface area contributed by atoms with Crippen LogP contribution in [0.5, 0.6) is 5.75 Å². The molecule has 0 spiro atoms. The summed E-state index contributed by atoms with van der Waals surface area (Å²) in [7, 11) is 1.21. The maximum absolute atomic E-state index is 13.8. The van der Waals surface area contributed by atoms with Crippen molar-refractivity contribution in [1.29, 1.82) is 0 Å². The molecule has 1 aromatic heterocycles. The van der Waals surface area contributed by atoms with Crippen molar-refractivity contribution in [1.82, 2.24) is 20.7 Å². The molecule has 286 valence electrons. The molecule has 6 unspecified atom stereocenters. The Morgan fingerprint density at radius 1 is 0.981 bits per heavy atom. The number of carbonyl (C=O) groups is 3. The Morgan fingerprint density at radius 2 is 1.64 bits per heavy atom. The molecule has 15 heteroatoms. The lowest BCUT2D eigenvalue weighted by Crippen LogP contribution is -2.55. The Labute approximate surface area is 306 Å². The van der Waals surface area contributed by atoms with E-state index in [4.69, 9.17) is 18.9 Å². The molecule has 2 aromatic carbocycles. The lowest BCUT2D eigenvalue weighted by molar-refractivity contribution is -0.155. The third-order valence-electron chi connectivity index (χ3n) is 9.20. The van der Waals surface area contributed by atoms with Gasteiger partial charge < -0.3 is 34.1 Å². The fraction of sp³-hybridized carbons (Fsp3) is 0.474. The van der Waals surface area contributed by atoms with Gasteiger partial charge in [0.15, 0.2) is 6.29 Å². The van der Waals surface area contributed by atoms with Crippen LogP contribution < -0.4 is 15.5 Å². The third-order valence-corrected chi connectivity index (χ3v) is 9.20. The van der Waals surface area contributed by atoms with Gasteiger partial charge in [-0.15, -0.1) is 0 Å². The van der Waals surface area contributed by atoms with Crippen molar-refractivity contribution >= 4 is 18.0 Å². The summed E-state index contributed by atoms with van der Waals surface area (Å²) in [6.45, 7) is 2.66. The first kappa shape index (κ1) is 39.5. The van der Waals surface area contributed by atoms with E-state index in [0.29, 0.717) is 18.6 Å². The zero-order valence-electron chi connectivity index (χ0n) is 30.1. The van der Waals surface area contributed by atoms with Crippen LogP contribution in [-0.2, 0) is 41.5 Å². The average Bonchev–Trinajstić information content (AvgIpc) is 3.74. The minimum Gasteiger partial charge on any atom is -0.468 e. The minimum absolute atomic E-state index is 0.00548. The topological polar surface area (TPSA) is 158 Å². The molecule has 6 atom stereocenters. The van der Waals surface area contributed by atoms with Crippen LogP contribution in [0.15, 0.2) is 73.1 Å². The van der Waals surface area contributed by atoms with Crippen LogP contribution in [0.4, 0.5) is 13.6 Å². The number of rotatable bonds is 15. The number of hydrazine groups is 1. The molecule has 13 nitrogen and oxygen atoms in total. The molecular formula is C38H46F2N4O9. The highest BCUT2D eigenvalue weighted by Gasteiger charge is 2.44. The first-order valence-electron chi connectivity index (χ1n) is 17.4. The largest absolute Gasteiger partial charge is 0.468 e. The molecule has 5 rings (SSSR count).